The summed E-state index contributed by atoms with van der Waals surface area (Å²) in [6, 6.07) is 7.97. The summed E-state index contributed by atoms with van der Waals surface area (Å²) in [4.78, 5) is 28.3. The molecule has 2 fully saturated rings. The van der Waals surface area contributed by atoms with Crippen molar-refractivity contribution in [2.24, 2.45) is 11.8 Å². The molecule has 0 spiro atoms. The van der Waals surface area contributed by atoms with E-state index in [0.717, 1.165) is 43.7 Å². The van der Waals surface area contributed by atoms with Crippen molar-refractivity contribution in [1.82, 2.24) is 10.2 Å². The van der Waals surface area contributed by atoms with Gasteiger partial charge in [-0.15, -0.1) is 0 Å². The van der Waals surface area contributed by atoms with Crippen LogP contribution in [0, 0.1) is 11.8 Å². The molecule has 0 aliphatic carbocycles. The molecule has 136 valence electrons. The van der Waals surface area contributed by atoms with Crippen molar-refractivity contribution < 1.29 is 9.59 Å². The van der Waals surface area contributed by atoms with Gasteiger partial charge in [0.2, 0.25) is 5.91 Å². The lowest BCUT2D eigenvalue weighted by Gasteiger charge is -2.35. The maximum Gasteiger partial charge on any atom is 0.317 e. The standard InChI is InChI=1S/C20H29N3O2/c1-15-10-16(2)14-22(13-15)20(25)21-12-17-6-5-7-18(11-17)23-9-4-3-8-19(23)24/h5-7,11,15-16H,3-4,8-10,12-14H2,1-2H3,(H,21,25). The molecule has 2 unspecified atom stereocenters. The summed E-state index contributed by atoms with van der Waals surface area (Å²) in [7, 11) is 0. The molecule has 5 heteroatoms. The number of anilines is 1. The van der Waals surface area contributed by atoms with E-state index in [1.54, 1.807) is 0 Å². The first-order valence-electron chi connectivity index (χ1n) is 9.45. The summed E-state index contributed by atoms with van der Waals surface area (Å²) in [6.45, 7) is 7.35. The molecule has 1 N–H and O–H groups in total. The largest absolute Gasteiger partial charge is 0.334 e. The minimum absolute atomic E-state index is 0.0119. The number of rotatable bonds is 3. The number of carbonyl (C=O) groups excluding carboxylic acids is 2. The molecule has 0 bridgehead atoms. The van der Waals surface area contributed by atoms with Gasteiger partial charge in [0.1, 0.15) is 0 Å². The van der Waals surface area contributed by atoms with E-state index in [2.05, 4.69) is 19.2 Å². The molecule has 2 atom stereocenters. The highest BCUT2D eigenvalue weighted by atomic mass is 16.2. The highest BCUT2D eigenvalue weighted by molar-refractivity contribution is 5.94. The number of nitrogens with zero attached hydrogens (tertiary/aromatic N) is 2. The molecule has 2 aliphatic rings. The second-order valence-corrected chi connectivity index (χ2v) is 7.68. The van der Waals surface area contributed by atoms with Crippen LogP contribution in [0.1, 0.15) is 45.1 Å². The first-order chi connectivity index (χ1) is 12.0. The van der Waals surface area contributed by atoms with Gasteiger partial charge in [-0.2, -0.15) is 0 Å². The van der Waals surface area contributed by atoms with E-state index in [4.69, 9.17) is 0 Å². The quantitative estimate of drug-likeness (QED) is 0.914. The highest BCUT2D eigenvalue weighted by Gasteiger charge is 2.25. The number of amides is 3. The van der Waals surface area contributed by atoms with Crippen molar-refractivity contribution in [2.45, 2.75) is 46.1 Å². The summed E-state index contributed by atoms with van der Waals surface area (Å²) >= 11 is 0. The van der Waals surface area contributed by atoms with Crippen LogP contribution in [0.5, 0.6) is 0 Å². The number of hydrogen-bond acceptors (Lipinski definition) is 2. The molecule has 0 saturated carbocycles. The van der Waals surface area contributed by atoms with E-state index in [-0.39, 0.29) is 11.9 Å². The van der Waals surface area contributed by atoms with Gasteiger partial charge in [-0.25, -0.2) is 4.79 Å². The van der Waals surface area contributed by atoms with E-state index in [1.165, 1.54) is 6.42 Å². The van der Waals surface area contributed by atoms with Gasteiger partial charge in [0.25, 0.3) is 0 Å². The fraction of sp³-hybridized carbons (Fsp3) is 0.600. The van der Waals surface area contributed by atoms with Crippen molar-refractivity contribution in [3.05, 3.63) is 29.8 Å². The average molecular weight is 343 g/mol. The highest BCUT2D eigenvalue weighted by Crippen LogP contribution is 2.23. The molecule has 0 aromatic heterocycles. The summed E-state index contributed by atoms with van der Waals surface area (Å²) < 4.78 is 0. The Kier molecular flexibility index (Phi) is 5.61. The second kappa shape index (κ2) is 7.89. The fourth-order valence-corrected chi connectivity index (χ4v) is 4.03. The van der Waals surface area contributed by atoms with Gasteiger partial charge in [0.15, 0.2) is 0 Å². The van der Waals surface area contributed by atoms with Gasteiger partial charge in [-0.05, 0) is 48.8 Å². The van der Waals surface area contributed by atoms with E-state index in [9.17, 15) is 9.59 Å². The van der Waals surface area contributed by atoms with Crippen LogP contribution in [0.15, 0.2) is 24.3 Å². The van der Waals surface area contributed by atoms with Crippen LogP contribution < -0.4 is 10.2 Å². The maximum atomic E-state index is 12.5. The molecule has 3 amide bonds. The molecule has 0 radical (unpaired) electrons. The maximum absolute atomic E-state index is 12.5. The zero-order valence-electron chi connectivity index (χ0n) is 15.3. The van der Waals surface area contributed by atoms with E-state index < -0.39 is 0 Å². The number of nitrogens with one attached hydrogen (secondary N) is 1. The van der Waals surface area contributed by atoms with Crippen LogP contribution >= 0.6 is 0 Å². The molecule has 25 heavy (non-hydrogen) atoms. The van der Waals surface area contributed by atoms with Gasteiger partial charge in [0, 0.05) is 38.3 Å². The number of benzene rings is 1. The molecule has 2 saturated heterocycles. The Morgan fingerprint density at radius 1 is 1.20 bits per heavy atom. The Bertz CT molecular complexity index is 621. The normalized spacial score (nSPS) is 24.3. The number of urea groups is 1. The molecule has 2 aliphatic heterocycles. The molecule has 5 nitrogen and oxygen atoms in total. The molecule has 1 aromatic rings. The molecule has 1 aromatic carbocycles. The topological polar surface area (TPSA) is 52.7 Å². The fourth-order valence-electron chi connectivity index (χ4n) is 4.03. The third kappa shape index (κ3) is 4.53. The average Bonchev–Trinajstić information content (AvgIpc) is 2.59. The van der Waals surface area contributed by atoms with E-state index in [1.807, 2.05) is 34.1 Å². The summed E-state index contributed by atoms with van der Waals surface area (Å²) in [5, 5.41) is 3.03. The first-order valence-corrected chi connectivity index (χ1v) is 9.45. The van der Waals surface area contributed by atoms with Crippen molar-refractivity contribution in [2.75, 3.05) is 24.5 Å². The zero-order valence-corrected chi connectivity index (χ0v) is 15.3. The third-order valence-corrected chi connectivity index (χ3v) is 5.15. The number of piperidine rings is 2. The SMILES string of the molecule is CC1CC(C)CN(C(=O)NCc2cccc(N3CCCCC3=O)c2)C1. The van der Waals surface area contributed by atoms with Crippen molar-refractivity contribution in [1.29, 1.82) is 0 Å². The number of hydrogen-bond donors (Lipinski definition) is 1. The van der Waals surface area contributed by atoms with Crippen LogP contribution in [0.4, 0.5) is 10.5 Å². The van der Waals surface area contributed by atoms with Gasteiger partial charge in [-0.1, -0.05) is 26.0 Å². The van der Waals surface area contributed by atoms with Crippen molar-refractivity contribution >= 4 is 17.6 Å². The minimum Gasteiger partial charge on any atom is -0.334 e. The lowest BCUT2D eigenvalue weighted by molar-refractivity contribution is -0.119. The molecular weight excluding hydrogens is 314 g/mol. The minimum atomic E-state index is 0.0119. The van der Waals surface area contributed by atoms with Crippen LogP contribution in [-0.2, 0) is 11.3 Å². The predicted molar refractivity (Wildman–Crippen MR) is 99.4 cm³/mol. The van der Waals surface area contributed by atoms with Gasteiger partial charge < -0.3 is 15.1 Å². The Labute approximate surface area is 150 Å². The Balaban J connectivity index is 1.59. The second-order valence-electron chi connectivity index (χ2n) is 7.68. The van der Waals surface area contributed by atoms with Crippen LogP contribution in [0.3, 0.4) is 0 Å². The van der Waals surface area contributed by atoms with Crippen molar-refractivity contribution in [3.63, 3.8) is 0 Å². The van der Waals surface area contributed by atoms with Crippen LogP contribution in [-0.4, -0.2) is 36.5 Å². The molecular formula is C20H29N3O2. The molecule has 3 rings (SSSR count). The summed E-state index contributed by atoms with van der Waals surface area (Å²) in [5.74, 6) is 1.31. The summed E-state index contributed by atoms with van der Waals surface area (Å²) in [5.41, 5.74) is 1.97. The summed E-state index contributed by atoms with van der Waals surface area (Å²) in [6.07, 6.45) is 3.86. The van der Waals surface area contributed by atoms with E-state index in [0.29, 0.717) is 24.8 Å². The lowest BCUT2D eigenvalue weighted by atomic mass is 9.92. The van der Waals surface area contributed by atoms with Gasteiger partial charge in [0.05, 0.1) is 0 Å². The van der Waals surface area contributed by atoms with Gasteiger partial charge >= 0.3 is 6.03 Å². The van der Waals surface area contributed by atoms with Crippen LogP contribution in [0.25, 0.3) is 0 Å². The smallest absolute Gasteiger partial charge is 0.317 e. The molecule has 2 heterocycles. The zero-order chi connectivity index (χ0) is 17.8. The Hall–Kier alpha value is -2.04. The van der Waals surface area contributed by atoms with E-state index >= 15 is 0 Å². The lowest BCUT2D eigenvalue weighted by Crippen LogP contribution is -2.47. The van der Waals surface area contributed by atoms with Crippen LogP contribution in [0.2, 0.25) is 0 Å². The number of likely N-dealkylation sites (tertiary alicyclic amines) is 1. The predicted octanol–water partition coefficient (Wildman–Crippen LogP) is 3.39. The monoisotopic (exact) mass is 343 g/mol. The van der Waals surface area contributed by atoms with Gasteiger partial charge in [-0.3, -0.25) is 4.79 Å². The third-order valence-electron chi connectivity index (χ3n) is 5.15. The Morgan fingerprint density at radius 2 is 1.96 bits per heavy atom. The number of carbonyl (C=O) groups is 2. The van der Waals surface area contributed by atoms with Crippen molar-refractivity contribution in [3.8, 4) is 0 Å². The first kappa shape index (κ1) is 17.8. The Morgan fingerprint density at radius 3 is 2.68 bits per heavy atom.